The van der Waals surface area contributed by atoms with E-state index in [1.807, 2.05) is 0 Å². The van der Waals surface area contributed by atoms with Crippen molar-refractivity contribution in [1.29, 1.82) is 0 Å². The third-order valence-corrected chi connectivity index (χ3v) is 7.82. The Morgan fingerprint density at radius 1 is 1.16 bits per heavy atom. The number of carbonyl (C=O) groups excluding carboxylic acids is 1. The molecule has 7 nitrogen and oxygen atoms in total. The molecule has 0 amide bonds. The maximum absolute atomic E-state index is 12.5. The second-order valence-corrected chi connectivity index (χ2v) is 10.5. The number of phenols is 2. The number of ketones is 1. The maximum Gasteiger partial charge on any atom is 0.294 e. The van der Waals surface area contributed by atoms with Gasteiger partial charge in [-0.2, -0.15) is 0 Å². The van der Waals surface area contributed by atoms with E-state index in [4.69, 9.17) is 0 Å². The van der Waals surface area contributed by atoms with Crippen molar-refractivity contribution in [3.05, 3.63) is 33.4 Å². The van der Waals surface area contributed by atoms with Gasteiger partial charge in [0.1, 0.15) is 17.3 Å². The van der Waals surface area contributed by atoms with Gasteiger partial charge in [0.05, 0.1) is 6.61 Å². The molecule has 4 rings (SSSR count). The van der Waals surface area contributed by atoms with Gasteiger partial charge in [0.25, 0.3) is 5.09 Å². The molecule has 31 heavy (non-hydrogen) atoms. The molecule has 0 spiro atoms. The minimum absolute atomic E-state index is 0.0818. The summed E-state index contributed by atoms with van der Waals surface area (Å²) in [5.41, 5.74) is 1.07. The molecule has 3 atom stereocenters. The summed E-state index contributed by atoms with van der Waals surface area (Å²) in [6.45, 7) is 8.53. The Morgan fingerprint density at radius 2 is 1.77 bits per heavy atom. The highest BCUT2D eigenvalue weighted by molar-refractivity contribution is 5.86. The monoisotopic (exact) mass is 433 g/mol. The summed E-state index contributed by atoms with van der Waals surface area (Å²) >= 11 is 0. The van der Waals surface area contributed by atoms with E-state index in [9.17, 15) is 25.1 Å². The normalized spacial score (nSPS) is 24.5. The average molecular weight is 434 g/mol. The van der Waals surface area contributed by atoms with E-state index in [-0.39, 0.29) is 46.6 Å². The van der Waals surface area contributed by atoms with Crippen LogP contribution in [0.3, 0.4) is 0 Å². The Bertz CT molecular complexity index is 823. The maximum atomic E-state index is 12.5. The lowest BCUT2D eigenvalue weighted by Crippen LogP contribution is -2.56. The highest BCUT2D eigenvalue weighted by atomic mass is 16.9. The van der Waals surface area contributed by atoms with Gasteiger partial charge in [-0.1, -0.05) is 47.0 Å². The Morgan fingerprint density at radius 3 is 2.32 bits per heavy atom. The minimum Gasteiger partial charge on any atom is -0.508 e. The molecule has 0 heterocycles. The molecule has 3 saturated carbocycles. The van der Waals surface area contributed by atoms with Gasteiger partial charge in [0.15, 0.2) is 0 Å². The van der Waals surface area contributed by atoms with E-state index in [0.717, 1.165) is 37.7 Å². The molecule has 172 valence electrons. The van der Waals surface area contributed by atoms with Crippen LogP contribution in [0.5, 0.6) is 11.5 Å². The zero-order valence-electron chi connectivity index (χ0n) is 19.0. The zero-order valence-corrected chi connectivity index (χ0v) is 19.0. The summed E-state index contributed by atoms with van der Waals surface area (Å²) < 4.78 is 0. The van der Waals surface area contributed by atoms with Gasteiger partial charge in [0.2, 0.25) is 0 Å². The molecule has 3 fully saturated rings. The fourth-order valence-electron chi connectivity index (χ4n) is 5.69. The first kappa shape index (κ1) is 23.4. The van der Waals surface area contributed by atoms with E-state index in [2.05, 4.69) is 32.5 Å². The molecule has 1 unspecified atom stereocenters. The van der Waals surface area contributed by atoms with Crippen LogP contribution in [0, 0.1) is 27.4 Å². The van der Waals surface area contributed by atoms with Gasteiger partial charge >= 0.3 is 0 Å². The smallest absolute Gasteiger partial charge is 0.294 e. The summed E-state index contributed by atoms with van der Waals surface area (Å²) in [6, 6.07) is 3.50. The van der Waals surface area contributed by atoms with Crippen LogP contribution in [0.15, 0.2) is 12.1 Å². The fourth-order valence-corrected chi connectivity index (χ4v) is 5.69. The van der Waals surface area contributed by atoms with Crippen LogP contribution in [-0.4, -0.2) is 27.7 Å². The quantitative estimate of drug-likeness (QED) is 0.296. The van der Waals surface area contributed by atoms with Gasteiger partial charge < -0.3 is 15.1 Å². The Balaban J connectivity index is 1.64. The van der Waals surface area contributed by atoms with Crippen molar-refractivity contribution in [2.24, 2.45) is 17.3 Å². The largest absolute Gasteiger partial charge is 0.508 e. The highest BCUT2D eigenvalue weighted by Crippen LogP contribution is 2.64. The number of rotatable bonds is 10. The first-order chi connectivity index (χ1) is 14.4. The molecule has 1 aromatic carbocycles. The predicted molar refractivity (Wildman–Crippen MR) is 117 cm³/mol. The number of hydrogen-bond donors (Lipinski definition) is 2. The first-order valence-corrected chi connectivity index (χ1v) is 11.3. The minimum atomic E-state index is -0.765. The summed E-state index contributed by atoms with van der Waals surface area (Å²) in [4.78, 5) is 27.0. The average Bonchev–Trinajstić information content (AvgIpc) is 2.65. The third kappa shape index (κ3) is 4.65. The number of unbranched alkanes of at least 4 members (excludes halogenated alkanes) is 3. The van der Waals surface area contributed by atoms with Gasteiger partial charge in [-0.3, -0.25) is 4.79 Å². The second-order valence-electron chi connectivity index (χ2n) is 10.5. The van der Waals surface area contributed by atoms with Crippen LogP contribution >= 0.6 is 0 Å². The standard InChI is InChI=1S/C24H35NO6/c1-23(2,9-7-5-6-8-10-31-25(29)30)15-11-20(27)22(21(28)12-15)16-13-19(26)18-14-17(16)24(18,3)4/h11-12,16-18,27-28H,5-10,13-14H2,1-4H3/t16-,17-,18?/m1/s1. The van der Waals surface area contributed by atoms with Crippen molar-refractivity contribution >= 4 is 5.78 Å². The van der Waals surface area contributed by atoms with E-state index in [1.165, 1.54) is 0 Å². The van der Waals surface area contributed by atoms with Crippen molar-refractivity contribution in [2.45, 2.75) is 84.0 Å². The van der Waals surface area contributed by atoms with Crippen molar-refractivity contribution in [3.63, 3.8) is 0 Å². The lowest BCUT2D eigenvalue weighted by molar-refractivity contribution is -0.757. The lowest BCUT2D eigenvalue weighted by atomic mass is 9.44. The molecule has 0 aliphatic heterocycles. The predicted octanol–water partition coefficient (Wildman–Crippen LogP) is 5.25. The van der Waals surface area contributed by atoms with Crippen LogP contribution in [0.1, 0.15) is 89.7 Å². The van der Waals surface area contributed by atoms with Crippen molar-refractivity contribution in [3.8, 4) is 11.5 Å². The van der Waals surface area contributed by atoms with Gasteiger partial charge in [0, 0.05) is 23.8 Å². The summed E-state index contributed by atoms with van der Waals surface area (Å²) in [6.07, 6.45) is 5.47. The molecule has 3 aliphatic rings. The van der Waals surface area contributed by atoms with Crippen molar-refractivity contribution in [1.82, 2.24) is 0 Å². The SMILES string of the molecule is CC(C)(CCCCCCO[N+](=O)[O-])c1cc(O)c([C@@H]2CC(=O)C3C[C@H]2C3(C)C)c(O)c1. The molecule has 1 aromatic rings. The fraction of sp³-hybridized carbons (Fsp3) is 0.708. The number of hydrogen-bond acceptors (Lipinski definition) is 6. The summed E-state index contributed by atoms with van der Waals surface area (Å²) in [5.74, 6) is 0.681. The van der Waals surface area contributed by atoms with E-state index >= 15 is 0 Å². The number of carbonyl (C=O) groups is 1. The Kier molecular flexibility index (Phi) is 6.53. The van der Waals surface area contributed by atoms with Crippen LogP contribution in [0.2, 0.25) is 0 Å². The molecule has 2 N–H and O–H groups in total. The number of phenolic OH excluding ortho intramolecular Hbond substituents is 2. The van der Waals surface area contributed by atoms with Crippen LogP contribution < -0.4 is 0 Å². The first-order valence-electron chi connectivity index (χ1n) is 11.3. The number of benzene rings is 1. The number of aromatic hydroxyl groups is 2. The van der Waals surface area contributed by atoms with Crippen LogP contribution in [-0.2, 0) is 15.0 Å². The summed E-state index contributed by atoms with van der Waals surface area (Å²) in [7, 11) is 0. The molecule has 7 heteroatoms. The second kappa shape index (κ2) is 8.67. The van der Waals surface area contributed by atoms with Gasteiger partial charge in [-0.15, -0.1) is 10.1 Å². The molecular weight excluding hydrogens is 398 g/mol. The van der Waals surface area contributed by atoms with E-state index in [0.29, 0.717) is 24.3 Å². The third-order valence-electron chi connectivity index (χ3n) is 7.82. The van der Waals surface area contributed by atoms with E-state index < -0.39 is 5.09 Å². The Hall–Kier alpha value is -2.31. The highest BCUT2D eigenvalue weighted by Gasteiger charge is 2.59. The topological polar surface area (TPSA) is 110 Å². The molecule has 3 aliphatic carbocycles. The number of nitrogens with zero attached hydrogens (tertiary/aromatic N) is 1. The van der Waals surface area contributed by atoms with Crippen LogP contribution in [0.25, 0.3) is 0 Å². The molecule has 0 radical (unpaired) electrons. The van der Waals surface area contributed by atoms with Crippen LogP contribution in [0.4, 0.5) is 0 Å². The molecule has 0 saturated heterocycles. The number of fused-ring (bicyclic) bond motifs is 2. The lowest BCUT2D eigenvalue weighted by Gasteiger charge is -2.59. The van der Waals surface area contributed by atoms with Gasteiger partial charge in [-0.25, -0.2) is 0 Å². The Labute approximate surface area is 183 Å². The van der Waals surface area contributed by atoms with Gasteiger partial charge in [-0.05, 0) is 53.7 Å². The van der Waals surface area contributed by atoms with Crippen molar-refractivity contribution in [2.75, 3.05) is 6.61 Å². The van der Waals surface area contributed by atoms with E-state index in [1.54, 1.807) is 12.1 Å². The molecule has 0 aromatic heterocycles. The molecular formula is C24H35NO6. The number of Topliss-reactive ketones (excluding diaryl/α,β-unsaturated/α-hetero) is 1. The van der Waals surface area contributed by atoms with Crippen molar-refractivity contribution < 1.29 is 24.9 Å². The zero-order chi connectivity index (χ0) is 23.0. The summed E-state index contributed by atoms with van der Waals surface area (Å²) in [5, 5.41) is 31.1. The molecule has 2 bridgehead atoms.